The number of hydrogen-bond acceptors (Lipinski definition) is 3. The zero-order valence-electron chi connectivity index (χ0n) is 22.2. The van der Waals surface area contributed by atoms with Gasteiger partial charge in [-0.25, -0.2) is 4.79 Å². The lowest BCUT2D eigenvalue weighted by atomic mass is 9.50. The number of allylic oxidation sites excluding steroid dienone is 1. The van der Waals surface area contributed by atoms with Crippen LogP contribution in [-0.4, -0.2) is 24.3 Å². The average Bonchev–Trinajstić information content (AvgIpc) is 3.21. The molecule has 2 aromatic carbocycles. The van der Waals surface area contributed by atoms with Gasteiger partial charge in [0.2, 0.25) is 0 Å². The Hall–Kier alpha value is -2.30. The predicted molar refractivity (Wildman–Crippen MR) is 150 cm³/mol. The Morgan fingerprint density at radius 1 is 0.919 bits per heavy atom. The molecule has 6 aliphatic rings. The molecule has 0 N–H and O–H groups in total. The SMILES string of the molecule is CC1=CC([SH]2c3ccccc3-c3ccccc32)=CC(C)C1OCC(=O)OC1(C)C2CC3CC(C2)CC1C3. The van der Waals surface area contributed by atoms with Gasteiger partial charge in [0.05, 0.1) is 6.10 Å². The van der Waals surface area contributed by atoms with E-state index in [-0.39, 0.29) is 30.2 Å². The van der Waals surface area contributed by atoms with Crippen molar-refractivity contribution in [3.05, 3.63) is 71.2 Å². The van der Waals surface area contributed by atoms with Crippen LogP contribution in [0.1, 0.15) is 52.9 Å². The first-order chi connectivity index (χ1) is 17.9. The largest absolute Gasteiger partial charge is 0.457 e. The summed E-state index contributed by atoms with van der Waals surface area (Å²) >= 11 is 0. The van der Waals surface area contributed by atoms with E-state index in [2.05, 4.69) is 81.5 Å². The fourth-order valence-corrected chi connectivity index (χ4v) is 11.4. The molecule has 4 fully saturated rings. The number of ether oxygens (including phenoxy) is 2. The first-order valence-corrected chi connectivity index (χ1v) is 15.5. The Morgan fingerprint density at radius 3 is 2.05 bits per heavy atom. The van der Waals surface area contributed by atoms with E-state index in [0.29, 0.717) is 11.8 Å². The van der Waals surface area contributed by atoms with Crippen LogP contribution in [-0.2, 0) is 14.3 Å². The van der Waals surface area contributed by atoms with Crippen LogP contribution in [0.2, 0.25) is 0 Å². The van der Waals surface area contributed by atoms with Crippen LogP contribution in [0, 0.1) is 29.6 Å². The van der Waals surface area contributed by atoms with E-state index in [1.807, 2.05) is 0 Å². The van der Waals surface area contributed by atoms with Crippen molar-refractivity contribution in [2.45, 2.75) is 74.4 Å². The molecule has 4 saturated carbocycles. The molecule has 2 aromatic rings. The monoisotopic (exact) mass is 514 g/mol. The van der Waals surface area contributed by atoms with Crippen molar-refractivity contribution in [3.8, 4) is 11.1 Å². The van der Waals surface area contributed by atoms with Crippen molar-refractivity contribution >= 4 is 16.9 Å². The van der Waals surface area contributed by atoms with Crippen molar-refractivity contribution in [1.29, 1.82) is 0 Å². The molecular weight excluding hydrogens is 476 g/mol. The van der Waals surface area contributed by atoms with Crippen molar-refractivity contribution in [3.63, 3.8) is 0 Å². The predicted octanol–water partition coefficient (Wildman–Crippen LogP) is 7.71. The van der Waals surface area contributed by atoms with E-state index >= 15 is 0 Å². The quantitative estimate of drug-likeness (QED) is 0.328. The van der Waals surface area contributed by atoms with Gasteiger partial charge in [0.1, 0.15) is 12.2 Å². The van der Waals surface area contributed by atoms with Crippen LogP contribution in [0.5, 0.6) is 0 Å². The van der Waals surface area contributed by atoms with E-state index in [0.717, 1.165) is 11.8 Å². The van der Waals surface area contributed by atoms with Crippen molar-refractivity contribution in [1.82, 2.24) is 0 Å². The molecule has 0 aromatic heterocycles. The minimum atomic E-state index is -0.576. The first-order valence-electron chi connectivity index (χ1n) is 14.1. The summed E-state index contributed by atoms with van der Waals surface area (Å²) in [5.74, 6) is 2.81. The highest BCUT2D eigenvalue weighted by molar-refractivity contribution is 8.21. The Labute approximate surface area is 223 Å². The second kappa shape index (κ2) is 8.88. The maximum Gasteiger partial charge on any atom is 0.332 e. The third kappa shape index (κ3) is 3.86. The van der Waals surface area contributed by atoms with Gasteiger partial charge in [-0.15, -0.1) is 0 Å². The minimum Gasteiger partial charge on any atom is -0.457 e. The number of rotatable bonds is 5. The molecule has 194 valence electrons. The molecule has 2 unspecified atom stereocenters. The van der Waals surface area contributed by atoms with Gasteiger partial charge in [-0.1, -0.05) is 49.4 Å². The lowest BCUT2D eigenvalue weighted by molar-refractivity contribution is -0.207. The molecule has 0 radical (unpaired) electrons. The van der Waals surface area contributed by atoms with Gasteiger partial charge in [-0.05, 0) is 109 Å². The number of carbonyl (C=O) groups excluding carboxylic acids is 1. The molecule has 3 nitrogen and oxygen atoms in total. The van der Waals surface area contributed by atoms with Gasteiger partial charge in [0.25, 0.3) is 0 Å². The topological polar surface area (TPSA) is 35.5 Å². The molecule has 0 saturated heterocycles. The third-order valence-electron chi connectivity index (χ3n) is 10.0. The normalized spacial score (nSPS) is 36.0. The van der Waals surface area contributed by atoms with Gasteiger partial charge in [0, 0.05) is 15.7 Å². The van der Waals surface area contributed by atoms with Crippen LogP contribution in [0.25, 0.3) is 11.1 Å². The summed E-state index contributed by atoms with van der Waals surface area (Å²) in [5, 5.41) is 0. The summed E-state index contributed by atoms with van der Waals surface area (Å²) in [4.78, 5) is 17.3. The highest BCUT2D eigenvalue weighted by Gasteiger charge is 2.57. The third-order valence-corrected chi connectivity index (χ3v) is 12.6. The van der Waals surface area contributed by atoms with Crippen LogP contribution >= 0.6 is 10.9 Å². The zero-order chi connectivity index (χ0) is 25.3. The molecule has 2 atom stereocenters. The van der Waals surface area contributed by atoms with Crippen LogP contribution in [0.3, 0.4) is 0 Å². The Morgan fingerprint density at radius 2 is 1.49 bits per heavy atom. The first kappa shape index (κ1) is 23.8. The molecule has 0 spiro atoms. The number of carbonyl (C=O) groups is 1. The number of benzene rings is 2. The summed E-state index contributed by atoms with van der Waals surface area (Å²) in [5.41, 5.74) is 3.63. The summed E-state index contributed by atoms with van der Waals surface area (Å²) in [6.45, 7) is 6.61. The van der Waals surface area contributed by atoms with Crippen molar-refractivity contribution in [2.75, 3.05) is 6.61 Å². The maximum atomic E-state index is 13.1. The molecule has 1 aliphatic heterocycles. The fraction of sp³-hybridized carbons (Fsp3) is 0.485. The van der Waals surface area contributed by atoms with Crippen molar-refractivity contribution in [2.24, 2.45) is 29.6 Å². The smallest absolute Gasteiger partial charge is 0.332 e. The standard InChI is InChI=1S/C33H38O3S/c1-20-12-26(37-29-10-6-4-8-27(29)28-9-5-7-11-30(28)37)13-21(2)32(20)35-19-31(34)36-33(3)24-15-22-14-23(17-24)18-25(33)16-22/h4-13,20,22-25,32,37H,14-19H2,1-3H3. The molecule has 0 amide bonds. The molecule has 8 rings (SSSR count). The average molecular weight is 515 g/mol. The summed E-state index contributed by atoms with van der Waals surface area (Å²) in [6, 6.07) is 17.7. The second-order valence-electron chi connectivity index (χ2n) is 12.4. The van der Waals surface area contributed by atoms with E-state index in [1.165, 1.54) is 63.5 Å². The van der Waals surface area contributed by atoms with Gasteiger partial charge in [0.15, 0.2) is 0 Å². The second-order valence-corrected chi connectivity index (χ2v) is 14.6. The van der Waals surface area contributed by atoms with Crippen LogP contribution in [0.4, 0.5) is 0 Å². The highest BCUT2D eigenvalue weighted by atomic mass is 32.2. The number of thiol groups is 1. The molecule has 1 heterocycles. The Balaban J connectivity index is 1.05. The molecule has 5 aliphatic carbocycles. The Bertz CT molecular complexity index is 1230. The molecular formula is C33H38O3S. The molecule has 37 heavy (non-hydrogen) atoms. The highest BCUT2D eigenvalue weighted by Crippen LogP contribution is 2.63. The fourth-order valence-electron chi connectivity index (χ4n) is 8.48. The molecule has 4 bridgehead atoms. The van der Waals surface area contributed by atoms with E-state index in [4.69, 9.17) is 9.47 Å². The van der Waals surface area contributed by atoms with Crippen molar-refractivity contribution < 1.29 is 14.3 Å². The van der Waals surface area contributed by atoms with Crippen LogP contribution in [0.15, 0.2) is 81.0 Å². The van der Waals surface area contributed by atoms with Crippen LogP contribution < -0.4 is 0 Å². The van der Waals surface area contributed by atoms with Gasteiger partial charge >= 0.3 is 5.97 Å². The Kier molecular flexibility index (Phi) is 5.71. The van der Waals surface area contributed by atoms with Gasteiger partial charge in [-0.3, -0.25) is 0 Å². The van der Waals surface area contributed by atoms with Gasteiger partial charge < -0.3 is 9.47 Å². The van der Waals surface area contributed by atoms with E-state index in [1.54, 1.807) is 0 Å². The number of esters is 1. The summed E-state index contributed by atoms with van der Waals surface area (Å²) in [6.07, 6.45) is 11.0. The minimum absolute atomic E-state index is 0.0334. The number of hydrogen-bond donors (Lipinski definition) is 1. The van der Waals surface area contributed by atoms with Gasteiger partial charge in [-0.2, -0.15) is 10.9 Å². The molecule has 4 heteroatoms. The van der Waals surface area contributed by atoms with E-state index < -0.39 is 10.9 Å². The lowest BCUT2D eigenvalue weighted by Gasteiger charge is -2.59. The zero-order valence-corrected chi connectivity index (χ0v) is 23.0. The maximum absolute atomic E-state index is 13.1. The number of fused-ring (bicyclic) bond motifs is 3. The lowest BCUT2D eigenvalue weighted by Crippen LogP contribution is -2.58. The van der Waals surface area contributed by atoms with E-state index in [9.17, 15) is 4.79 Å². The summed E-state index contributed by atoms with van der Waals surface area (Å²) in [7, 11) is -0.576. The summed E-state index contributed by atoms with van der Waals surface area (Å²) < 4.78 is 12.5.